The largest absolute Gasteiger partial charge is 0.493 e. The molecule has 0 radical (unpaired) electrons. The van der Waals surface area contributed by atoms with E-state index in [1.165, 1.54) is 9.13 Å². The van der Waals surface area contributed by atoms with E-state index in [1.807, 2.05) is 50.3 Å². The summed E-state index contributed by atoms with van der Waals surface area (Å²) in [6, 6.07) is 5.88. The number of hydrogen-bond donors (Lipinski definition) is 0. The smallest absolute Gasteiger partial charge is 0.332 e. The van der Waals surface area contributed by atoms with E-state index in [-0.39, 0.29) is 17.2 Å². The Hall–Kier alpha value is -3.49. The zero-order chi connectivity index (χ0) is 24.0. The van der Waals surface area contributed by atoms with Crippen LogP contribution in [0, 0.1) is 19.8 Å². The fourth-order valence-corrected chi connectivity index (χ4v) is 4.39. The third kappa shape index (κ3) is 3.61. The van der Waals surface area contributed by atoms with Crippen molar-refractivity contribution in [1.82, 2.24) is 23.1 Å². The van der Waals surface area contributed by atoms with Crippen molar-refractivity contribution in [3.63, 3.8) is 0 Å². The molecule has 0 saturated heterocycles. The minimum Gasteiger partial charge on any atom is -0.493 e. The van der Waals surface area contributed by atoms with Crippen LogP contribution >= 0.6 is 0 Å². The van der Waals surface area contributed by atoms with E-state index >= 15 is 0 Å². The molecule has 33 heavy (non-hydrogen) atoms. The summed E-state index contributed by atoms with van der Waals surface area (Å²) < 4.78 is 17.5. The first-order valence-corrected chi connectivity index (χ1v) is 11.1. The van der Waals surface area contributed by atoms with Gasteiger partial charge in [-0.3, -0.25) is 18.3 Å². The number of aromatic nitrogens is 5. The van der Waals surface area contributed by atoms with Crippen molar-refractivity contribution in [1.29, 1.82) is 0 Å². The predicted molar refractivity (Wildman–Crippen MR) is 128 cm³/mol. The highest BCUT2D eigenvalue weighted by Crippen LogP contribution is 2.28. The third-order valence-electron chi connectivity index (χ3n) is 6.25. The second-order valence-electron chi connectivity index (χ2n) is 8.83. The molecule has 0 N–H and O–H groups in total. The molecule has 0 aliphatic carbocycles. The normalized spacial score (nSPS) is 11.8. The lowest BCUT2D eigenvalue weighted by atomic mass is 10.1. The molecule has 0 fully saturated rings. The van der Waals surface area contributed by atoms with Crippen molar-refractivity contribution in [2.75, 3.05) is 14.2 Å². The molecule has 9 heteroatoms. The van der Waals surface area contributed by atoms with Crippen molar-refractivity contribution >= 4 is 16.9 Å². The number of fused-ring (bicyclic) bond motifs is 3. The number of benzene rings is 1. The number of rotatable bonds is 7. The quantitative estimate of drug-likeness (QED) is 0.430. The van der Waals surface area contributed by atoms with Gasteiger partial charge in [-0.15, -0.1) is 0 Å². The summed E-state index contributed by atoms with van der Waals surface area (Å²) >= 11 is 0. The van der Waals surface area contributed by atoms with Crippen LogP contribution in [0.5, 0.6) is 11.5 Å². The van der Waals surface area contributed by atoms with Gasteiger partial charge in [-0.05, 0) is 43.9 Å². The fourth-order valence-electron chi connectivity index (χ4n) is 4.39. The van der Waals surface area contributed by atoms with Gasteiger partial charge in [0.2, 0.25) is 5.78 Å². The maximum atomic E-state index is 13.3. The van der Waals surface area contributed by atoms with E-state index in [0.29, 0.717) is 41.5 Å². The Morgan fingerprint density at radius 2 is 1.70 bits per heavy atom. The molecule has 9 nitrogen and oxygen atoms in total. The van der Waals surface area contributed by atoms with Crippen molar-refractivity contribution < 1.29 is 9.47 Å². The highest BCUT2D eigenvalue weighted by Gasteiger charge is 2.22. The Balaban J connectivity index is 1.84. The van der Waals surface area contributed by atoms with Gasteiger partial charge >= 0.3 is 5.69 Å². The molecule has 3 heterocycles. The molecule has 0 atom stereocenters. The molecule has 0 spiro atoms. The number of imidazole rings is 2. The zero-order valence-electron chi connectivity index (χ0n) is 20.3. The molecule has 0 aliphatic rings. The van der Waals surface area contributed by atoms with E-state index in [1.54, 1.807) is 21.3 Å². The topological polar surface area (TPSA) is 84.7 Å². The summed E-state index contributed by atoms with van der Waals surface area (Å²) in [6.45, 7) is 9.01. The molecule has 4 aromatic rings. The number of ether oxygens (including phenoxy) is 2. The van der Waals surface area contributed by atoms with Crippen LogP contribution < -0.4 is 20.7 Å². The molecule has 176 valence electrons. The summed E-state index contributed by atoms with van der Waals surface area (Å²) in [5.74, 6) is 2.21. The van der Waals surface area contributed by atoms with Crippen molar-refractivity contribution in [3.05, 3.63) is 56.0 Å². The lowest BCUT2D eigenvalue weighted by Crippen LogP contribution is -2.40. The highest BCUT2D eigenvalue weighted by molar-refractivity contribution is 5.76. The number of hydrogen-bond acceptors (Lipinski definition) is 5. The van der Waals surface area contributed by atoms with E-state index in [9.17, 15) is 9.59 Å². The molecule has 0 bridgehead atoms. The predicted octanol–water partition coefficient (Wildman–Crippen LogP) is 2.68. The number of nitrogens with zero attached hydrogens (tertiary/aromatic N) is 5. The maximum absolute atomic E-state index is 13.3. The summed E-state index contributed by atoms with van der Waals surface area (Å²) in [7, 11) is 4.91. The SMILES string of the molecule is COc1ccc(CCn2c(C)c(C)n3c4c(=O)n(CC(C)C)c(=O)n(C)c4nc23)cc1OC. The average molecular weight is 454 g/mol. The van der Waals surface area contributed by atoms with Crippen LogP contribution in [0.15, 0.2) is 27.8 Å². The van der Waals surface area contributed by atoms with E-state index < -0.39 is 0 Å². The second kappa shape index (κ2) is 8.46. The van der Waals surface area contributed by atoms with Crippen LogP contribution in [0.4, 0.5) is 0 Å². The van der Waals surface area contributed by atoms with E-state index in [2.05, 4.69) is 4.57 Å². The van der Waals surface area contributed by atoms with Gasteiger partial charge in [-0.1, -0.05) is 19.9 Å². The van der Waals surface area contributed by atoms with Gasteiger partial charge in [0.25, 0.3) is 5.56 Å². The number of aryl methyl sites for hydroxylation is 4. The van der Waals surface area contributed by atoms with Crippen LogP contribution in [-0.4, -0.2) is 37.3 Å². The Morgan fingerprint density at radius 1 is 1.00 bits per heavy atom. The fraction of sp³-hybridized carbons (Fsp3) is 0.458. The van der Waals surface area contributed by atoms with Crippen LogP contribution in [0.25, 0.3) is 16.9 Å². The van der Waals surface area contributed by atoms with E-state index in [4.69, 9.17) is 14.5 Å². The van der Waals surface area contributed by atoms with Gasteiger partial charge in [-0.2, -0.15) is 4.98 Å². The van der Waals surface area contributed by atoms with Crippen molar-refractivity contribution in [2.24, 2.45) is 13.0 Å². The van der Waals surface area contributed by atoms with Crippen LogP contribution in [0.2, 0.25) is 0 Å². The summed E-state index contributed by atoms with van der Waals surface area (Å²) in [5.41, 5.74) is 3.28. The molecule has 0 saturated carbocycles. The Kier molecular flexibility index (Phi) is 5.82. The van der Waals surface area contributed by atoms with Crippen LogP contribution in [0.3, 0.4) is 0 Å². The monoisotopic (exact) mass is 453 g/mol. The van der Waals surface area contributed by atoms with Crippen molar-refractivity contribution in [3.8, 4) is 11.5 Å². The summed E-state index contributed by atoms with van der Waals surface area (Å²) in [4.78, 5) is 30.9. The minimum atomic E-state index is -0.340. The molecule has 0 amide bonds. The van der Waals surface area contributed by atoms with Crippen LogP contribution in [-0.2, 0) is 26.6 Å². The Bertz CT molecular complexity index is 1470. The van der Waals surface area contributed by atoms with Gasteiger partial charge < -0.3 is 14.0 Å². The average Bonchev–Trinajstić information content (AvgIpc) is 3.29. The van der Waals surface area contributed by atoms with Gasteiger partial charge in [0.15, 0.2) is 22.7 Å². The molecule has 0 unspecified atom stereocenters. The van der Waals surface area contributed by atoms with Gasteiger partial charge in [0.05, 0.1) is 14.2 Å². The first-order valence-electron chi connectivity index (χ1n) is 11.1. The highest BCUT2D eigenvalue weighted by atomic mass is 16.5. The van der Waals surface area contributed by atoms with Crippen LogP contribution in [0.1, 0.15) is 30.8 Å². The molecular formula is C24H31N5O4. The van der Waals surface area contributed by atoms with Gasteiger partial charge in [0.1, 0.15) is 0 Å². The lowest BCUT2D eigenvalue weighted by Gasteiger charge is -2.11. The molecule has 1 aromatic carbocycles. The maximum Gasteiger partial charge on any atom is 0.332 e. The zero-order valence-corrected chi connectivity index (χ0v) is 20.3. The second-order valence-corrected chi connectivity index (χ2v) is 8.83. The summed E-state index contributed by atoms with van der Waals surface area (Å²) in [6.07, 6.45) is 0.741. The number of methoxy groups -OCH3 is 2. The molecule has 3 aromatic heterocycles. The third-order valence-corrected chi connectivity index (χ3v) is 6.25. The first kappa shape index (κ1) is 22.7. The van der Waals surface area contributed by atoms with Gasteiger partial charge in [-0.25, -0.2) is 4.79 Å². The molecule has 4 rings (SSSR count). The minimum absolute atomic E-state index is 0.171. The summed E-state index contributed by atoms with van der Waals surface area (Å²) in [5, 5.41) is 0. The molecule has 0 aliphatic heterocycles. The van der Waals surface area contributed by atoms with Crippen molar-refractivity contribution in [2.45, 2.75) is 47.2 Å². The van der Waals surface area contributed by atoms with E-state index in [0.717, 1.165) is 23.4 Å². The Labute approximate surface area is 191 Å². The standard InChI is InChI=1S/C24H31N5O4/c1-14(2)13-28-22(30)20-21(26(5)24(28)31)25-23-27(15(3)16(4)29(20)23)11-10-17-8-9-18(32-6)19(12-17)33-7/h8-9,12,14H,10-11,13H2,1-7H3. The first-order chi connectivity index (χ1) is 15.7. The van der Waals surface area contributed by atoms with Gasteiger partial charge in [0, 0.05) is 31.5 Å². The Morgan fingerprint density at radius 3 is 2.33 bits per heavy atom. The molecular weight excluding hydrogens is 422 g/mol. The lowest BCUT2D eigenvalue weighted by molar-refractivity contribution is 0.354.